The van der Waals surface area contributed by atoms with Crippen molar-refractivity contribution in [3.05, 3.63) is 0 Å². The molecule has 0 saturated heterocycles. The van der Waals surface area contributed by atoms with Crippen molar-refractivity contribution < 1.29 is 9.53 Å². The van der Waals surface area contributed by atoms with Gasteiger partial charge in [-0.25, -0.2) is 0 Å². The van der Waals surface area contributed by atoms with Gasteiger partial charge in [-0.2, -0.15) is 0 Å². The van der Waals surface area contributed by atoms with Crippen LogP contribution in [0.3, 0.4) is 0 Å². The molecule has 0 aromatic carbocycles. The summed E-state index contributed by atoms with van der Waals surface area (Å²) in [5.74, 6) is 0.0620. The predicted octanol–water partition coefficient (Wildman–Crippen LogP) is 0.185. The van der Waals surface area contributed by atoms with Crippen LogP contribution < -0.4 is 5.73 Å². The molecule has 0 aliphatic heterocycles. The highest BCUT2D eigenvalue weighted by Gasteiger charge is 2.15. The van der Waals surface area contributed by atoms with Gasteiger partial charge >= 0.3 is 0 Å². The summed E-state index contributed by atoms with van der Waals surface area (Å²) in [5, 5.41) is 0. The van der Waals surface area contributed by atoms with Crippen molar-refractivity contribution in [2.75, 3.05) is 13.7 Å². The second-order valence-corrected chi connectivity index (χ2v) is 2.62. The average molecular weight is 145 g/mol. The Hall–Kier alpha value is -0.410. The Balaban J connectivity index is 3.71. The van der Waals surface area contributed by atoms with E-state index in [1.54, 1.807) is 0 Å². The van der Waals surface area contributed by atoms with Crippen LogP contribution in [0.2, 0.25) is 0 Å². The van der Waals surface area contributed by atoms with Gasteiger partial charge in [0.05, 0.1) is 12.6 Å². The van der Waals surface area contributed by atoms with Crippen LogP contribution in [0.5, 0.6) is 0 Å². The third kappa shape index (κ3) is 2.94. The lowest BCUT2D eigenvalue weighted by Crippen LogP contribution is -2.37. The van der Waals surface area contributed by atoms with Crippen LogP contribution in [-0.2, 0) is 9.53 Å². The third-order valence-corrected chi connectivity index (χ3v) is 1.28. The summed E-state index contributed by atoms with van der Waals surface area (Å²) in [6.45, 7) is 3.98. The molecule has 2 N–H and O–H groups in total. The van der Waals surface area contributed by atoms with Gasteiger partial charge in [0.15, 0.2) is 5.78 Å². The first-order chi connectivity index (χ1) is 4.59. The highest BCUT2D eigenvalue weighted by atomic mass is 16.5. The van der Waals surface area contributed by atoms with E-state index in [-0.39, 0.29) is 11.7 Å². The average Bonchev–Trinajstić information content (AvgIpc) is 1.87. The number of carbonyl (C=O) groups is 1. The maximum Gasteiger partial charge on any atom is 0.154 e. The summed E-state index contributed by atoms with van der Waals surface area (Å²) >= 11 is 0. The summed E-state index contributed by atoms with van der Waals surface area (Å²) in [4.78, 5) is 11.0. The molecule has 0 aliphatic rings. The minimum absolute atomic E-state index is 0.00477. The first-order valence-corrected chi connectivity index (χ1v) is 3.37. The summed E-state index contributed by atoms with van der Waals surface area (Å²) in [6, 6.07) is -0.454. The molecule has 3 nitrogen and oxygen atoms in total. The van der Waals surface area contributed by atoms with E-state index < -0.39 is 6.04 Å². The third-order valence-electron chi connectivity index (χ3n) is 1.28. The molecule has 0 aromatic heterocycles. The van der Waals surface area contributed by atoms with E-state index >= 15 is 0 Å². The Morgan fingerprint density at radius 2 is 2.10 bits per heavy atom. The van der Waals surface area contributed by atoms with Crippen LogP contribution in [0, 0.1) is 5.92 Å². The monoisotopic (exact) mass is 145 g/mol. The minimum atomic E-state index is -0.454. The molecule has 0 fully saturated rings. The Kier molecular flexibility index (Phi) is 4.23. The zero-order valence-corrected chi connectivity index (χ0v) is 6.76. The summed E-state index contributed by atoms with van der Waals surface area (Å²) in [6.07, 6.45) is 0. The van der Waals surface area contributed by atoms with Crippen molar-refractivity contribution in [1.29, 1.82) is 0 Å². The van der Waals surface area contributed by atoms with Crippen LogP contribution in [-0.4, -0.2) is 25.5 Å². The van der Waals surface area contributed by atoms with E-state index in [1.165, 1.54) is 7.11 Å². The van der Waals surface area contributed by atoms with Gasteiger partial charge in [-0.05, 0) is 0 Å². The summed E-state index contributed by atoms with van der Waals surface area (Å²) in [5.41, 5.74) is 5.45. The van der Waals surface area contributed by atoms with Crippen LogP contribution >= 0.6 is 0 Å². The predicted molar refractivity (Wildman–Crippen MR) is 39.7 cm³/mol. The van der Waals surface area contributed by atoms with E-state index in [2.05, 4.69) is 0 Å². The molecule has 3 heteroatoms. The van der Waals surface area contributed by atoms with E-state index in [0.29, 0.717) is 6.61 Å². The van der Waals surface area contributed by atoms with E-state index in [0.717, 1.165) is 0 Å². The van der Waals surface area contributed by atoms with E-state index in [9.17, 15) is 4.79 Å². The van der Waals surface area contributed by atoms with Crippen LogP contribution in [0.4, 0.5) is 0 Å². The van der Waals surface area contributed by atoms with Crippen molar-refractivity contribution in [3.63, 3.8) is 0 Å². The molecule has 0 bridgehead atoms. The quantitative estimate of drug-likeness (QED) is 0.614. The molecule has 0 aromatic rings. The van der Waals surface area contributed by atoms with Crippen LogP contribution in [0.25, 0.3) is 0 Å². The normalized spacial score (nSPS) is 13.7. The van der Waals surface area contributed by atoms with Gasteiger partial charge in [-0.1, -0.05) is 13.8 Å². The maximum atomic E-state index is 11.0. The van der Waals surface area contributed by atoms with Gasteiger partial charge in [0.2, 0.25) is 0 Å². The zero-order chi connectivity index (χ0) is 8.15. The number of carbonyl (C=O) groups excluding carboxylic acids is 1. The fourth-order valence-electron chi connectivity index (χ4n) is 0.690. The highest BCUT2D eigenvalue weighted by molar-refractivity contribution is 5.85. The zero-order valence-electron chi connectivity index (χ0n) is 6.76. The summed E-state index contributed by atoms with van der Waals surface area (Å²) in [7, 11) is 1.54. The topological polar surface area (TPSA) is 52.3 Å². The molecule has 0 saturated carbocycles. The fraction of sp³-hybridized carbons (Fsp3) is 0.857. The van der Waals surface area contributed by atoms with Gasteiger partial charge in [0.1, 0.15) is 0 Å². The second-order valence-electron chi connectivity index (χ2n) is 2.62. The van der Waals surface area contributed by atoms with Crippen molar-refractivity contribution in [2.45, 2.75) is 19.9 Å². The Morgan fingerprint density at radius 1 is 1.60 bits per heavy atom. The maximum absolute atomic E-state index is 11.0. The lowest BCUT2D eigenvalue weighted by atomic mass is 10.0. The standard InChI is InChI=1S/C7H15NO2/c1-5(2)7(9)6(8)4-10-3/h5-6H,4,8H2,1-3H3/t6-/m1/s1. The van der Waals surface area contributed by atoms with Crippen LogP contribution in [0.1, 0.15) is 13.8 Å². The number of hydrogen-bond donors (Lipinski definition) is 1. The number of methoxy groups -OCH3 is 1. The lowest BCUT2D eigenvalue weighted by molar-refractivity contribution is -0.124. The molecule has 0 radical (unpaired) electrons. The minimum Gasteiger partial charge on any atom is -0.383 e. The molecule has 60 valence electrons. The van der Waals surface area contributed by atoms with Gasteiger partial charge in [0.25, 0.3) is 0 Å². The Bertz CT molecular complexity index is 112. The smallest absolute Gasteiger partial charge is 0.154 e. The molecule has 0 heterocycles. The van der Waals surface area contributed by atoms with Gasteiger partial charge in [0, 0.05) is 13.0 Å². The number of rotatable bonds is 4. The van der Waals surface area contributed by atoms with Gasteiger partial charge in [-0.3, -0.25) is 4.79 Å². The van der Waals surface area contributed by atoms with Crippen molar-refractivity contribution in [2.24, 2.45) is 11.7 Å². The number of ketones is 1. The number of ether oxygens (including phenoxy) is 1. The van der Waals surface area contributed by atoms with Crippen molar-refractivity contribution >= 4 is 5.78 Å². The molecule has 0 aliphatic carbocycles. The van der Waals surface area contributed by atoms with Gasteiger partial charge < -0.3 is 10.5 Å². The Morgan fingerprint density at radius 3 is 2.40 bits per heavy atom. The first-order valence-electron chi connectivity index (χ1n) is 3.37. The van der Waals surface area contributed by atoms with Crippen LogP contribution in [0.15, 0.2) is 0 Å². The van der Waals surface area contributed by atoms with E-state index in [4.69, 9.17) is 10.5 Å². The van der Waals surface area contributed by atoms with Crippen molar-refractivity contribution in [3.8, 4) is 0 Å². The summed E-state index contributed by atoms with van der Waals surface area (Å²) < 4.78 is 4.73. The number of hydrogen-bond acceptors (Lipinski definition) is 3. The largest absolute Gasteiger partial charge is 0.383 e. The molecule has 0 amide bonds. The number of nitrogens with two attached hydrogens (primary N) is 1. The molecule has 0 spiro atoms. The SMILES string of the molecule is COC[C@@H](N)C(=O)C(C)C. The number of Topliss-reactive ketones (excluding diaryl/α,β-unsaturated/α-hetero) is 1. The molecule has 1 atom stereocenters. The Labute approximate surface area is 61.5 Å². The first kappa shape index (κ1) is 9.59. The van der Waals surface area contributed by atoms with E-state index in [1.807, 2.05) is 13.8 Å². The highest BCUT2D eigenvalue weighted by Crippen LogP contribution is 1.97. The molecular formula is C7H15NO2. The van der Waals surface area contributed by atoms with Crippen molar-refractivity contribution in [1.82, 2.24) is 0 Å². The fourth-order valence-corrected chi connectivity index (χ4v) is 0.690. The molecular weight excluding hydrogens is 130 g/mol. The lowest BCUT2D eigenvalue weighted by Gasteiger charge is -2.10. The molecule has 10 heavy (non-hydrogen) atoms. The molecule has 0 rings (SSSR count). The molecule has 0 unspecified atom stereocenters. The second kappa shape index (κ2) is 4.41. The van der Waals surface area contributed by atoms with Gasteiger partial charge in [-0.15, -0.1) is 0 Å².